The Morgan fingerprint density at radius 2 is 2.08 bits per heavy atom. The number of fused-ring (bicyclic) bond motifs is 2. The van der Waals surface area contributed by atoms with Crippen molar-refractivity contribution in [3.8, 4) is 11.5 Å². The van der Waals surface area contributed by atoms with Crippen LogP contribution in [0, 0.1) is 6.92 Å². The molecule has 4 rings (SSSR count). The molecule has 7 heteroatoms. The lowest BCUT2D eigenvalue weighted by Crippen LogP contribution is -2.33. The van der Waals surface area contributed by atoms with Crippen LogP contribution in [0.3, 0.4) is 0 Å². The molecule has 0 bridgehead atoms. The number of nitrogens with one attached hydrogen (secondary N) is 1. The fourth-order valence-corrected chi connectivity index (χ4v) is 2.74. The number of benzene rings is 1. The topological polar surface area (TPSA) is 77.8 Å². The lowest BCUT2D eigenvalue weighted by molar-refractivity contribution is -0.0640. The molecule has 3 heterocycles. The van der Waals surface area contributed by atoms with Crippen LogP contribution >= 0.6 is 0 Å². The summed E-state index contributed by atoms with van der Waals surface area (Å²) in [5.41, 5.74) is 2.45. The molecule has 25 heavy (non-hydrogen) atoms. The summed E-state index contributed by atoms with van der Waals surface area (Å²) >= 11 is 0. The fraction of sp³-hybridized carbons (Fsp3) is 0.278. The van der Waals surface area contributed by atoms with Gasteiger partial charge in [-0.25, -0.2) is 9.50 Å². The highest BCUT2D eigenvalue weighted by molar-refractivity contribution is 6.05. The van der Waals surface area contributed by atoms with Crippen LogP contribution in [0.2, 0.25) is 0 Å². The van der Waals surface area contributed by atoms with Gasteiger partial charge in [0.2, 0.25) is 5.79 Å². The van der Waals surface area contributed by atoms with Crippen LogP contribution in [0.4, 0.5) is 5.69 Å². The number of ether oxygens (including phenoxy) is 2. The summed E-state index contributed by atoms with van der Waals surface area (Å²) in [6.07, 6.45) is 4.04. The molecule has 1 N–H and O–H groups in total. The Morgan fingerprint density at radius 1 is 1.28 bits per heavy atom. The molecule has 3 aromatic rings. The number of anilines is 1. The molecule has 1 amide bonds. The zero-order valence-corrected chi connectivity index (χ0v) is 14.2. The van der Waals surface area contributed by atoms with E-state index >= 15 is 0 Å². The lowest BCUT2D eigenvalue weighted by Gasteiger charge is -2.20. The maximum absolute atomic E-state index is 12.6. The minimum absolute atomic E-state index is 0.250. The number of hydrogen-bond acceptors (Lipinski definition) is 5. The van der Waals surface area contributed by atoms with E-state index < -0.39 is 5.79 Å². The predicted molar refractivity (Wildman–Crippen MR) is 92.1 cm³/mol. The van der Waals surface area contributed by atoms with Crippen LogP contribution in [0.1, 0.15) is 36.3 Å². The van der Waals surface area contributed by atoms with E-state index in [0.29, 0.717) is 34.1 Å². The molecule has 0 saturated carbocycles. The number of amides is 1. The quantitative estimate of drug-likeness (QED) is 0.793. The van der Waals surface area contributed by atoms with Gasteiger partial charge < -0.3 is 14.8 Å². The molecule has 0 radical (unpaired) electrons. The number of carbonyl (C=O) groups excluding carboxylic acids is 1. The van der Waals surface area contributed by atoms with E-state index in [2.05, 4.69) is 15.4 Å². The zero-order chi connectivity index (χ0) is 17.6. The van der Waals surface area contributed by atoms with Gasteiger partial charge in [0.15, 0.2) is 17.1 Å². The van der Waals surface area contributed by atoms with Crippen molar-refractivity contribution in [3.63, 3.8) is 0 Å². The Bertz CT molecular complexity index is 982. The Hall–Kier alpha value is -3.09. The Labute approximate surface area is 144 Å². The highest BCUT2D eigenvalue weighted by Crippen LogP contribution is 2.42. The standard InChI is InChI=1S/C18H18N4O3/c1-4-18(3)24-14-6-5-12(9-15(14)25-18)21-17(23)13-10-22-16(7-8-19-22)20-11(13)2/h5-10H,4H2,1-3H3,(H,21,23). The van der Waals surface area contributed by atoms with Crippen molar-refractivity contribution in [2.45, 2.75) is 33.0 Å². The summed E-state index contributed by atoms with van der Waals surface area (Å²) in [7, 11) is 0. The molecule has 1 unspecified atom stereocenters. The van der Waals surface area contributed by atoms with Crippen molar-refractivity contribution in [2.75, 3.05) is 5.32 Å². The van der Waals surface area contributed by atoms with E-state index in [4.69, 9.17) is 9.47 Å². The summed E-state index contributed by atoms with van der Waals surface area (Å²) in [6, 6.07) is 7.14. The molecule has 128 valence electrons. The summed E-state index contributed by atoms with van der Waals surface area (Å²) in [5.74, 6) is 0.397. The number of rotatable bonds is 3. The van der Waals surface area contributed by atoms with Crippen LogP contribution in [-0.4, -0.2) is 26.3 Å². The lowest BCUT2D eigenvalue weighted by atomic mass is 10.2. The zero-order valence-electron chi connectivity index (χ0n) is 14.2. The number of nitrogens with zero attached hydrogens (tertiary/aromatic N) is 3. The average Bonchev–Trinajstić information content (AvgIpc) is 3.16. The largest absolute Gasteiger partial charge is 0.449 e. The van der Waals surface area contributed by atoms with Gasteiger partial charge in [-0.15, -0.1) is 0 Å². The molecule has 1 aliphatic rings. The van der Waals surface area contributed by atoms with Gasteiger partial charge in [-0.05, 0) is 19.1 Å². The van der Waals surface area contributed by atoms with Crippen LogP contribution in [-0.2, 0) is 0 Å². The second-order valence-corrected chi connectivity index (χ2v) is 6.18. The van der Waals surface area contributed by atoms with E-state index in [1.807, 2.05) is 13.8 Å². The third kappa shape index (κ3) is 2.67. The maximum atomic E-state index is 12.6. The molecule has 0 spiro atoms. The summed E-state index contributed by atoms with van der Waals surface area (Å²) < 4.78 is 13.2. The van der Waals surface area contributed by atoms with E-state index in [-0.39, 0.29) is 5.91 Å². The van der Waals surface area contributed by atoms with Gasteiger partial charge in [-0.2, -0.15) is 5.10 Å². The van der Waals surface area contributed by atoms with Crippen molar-refractivity contribution < 1.29 is 14.3 Å². The number of hydrogen-bond donors (Lipinski definition) is 1. The third-order valence-electron chi connectivity index (χ3n) is 4.31. The van der Waals surface area contributed by atoms with Gasteiger partial charge in [-0.3, -0.25) is 4.79 Å². The average molecular weight is 338 g/mol. The summed E-state index contributed by atoms with van der Waals surface area (Å²) in [6.45, 7) is 5.68. The van der Waals surface area contributed by atoms with Crippen molar-refractivity contribution >= 4 is 17.2 Å². The van der Waals surface area contributed by atoms with E-state index in [1.54, 1.807) is 48.1 Å². The van der Waals surface area contributed by atoms with E-state index in [1.165, 1.54) is 0 Å². The van der Waals surface area contributed by atoms with Crippen LogP contribution in [0.25, 0.3) is 5.65 Å². The normalized spacial score (nSPS) is 18.5. The van der Waals surface area contributed by atoms with Gasteiger partial charge in [0, 0.05) is 37.4 Å². The van der Waals surface area contributed by atoms with Crippen molar-refractivity contribution in [1.29, 1.82) is 0 Å². The van der Waals surface area contributed by atoms with E-state index in [0.717, 1.165) is 6.42 Å². The van der Waals surface area contributed by atoms with Gasteiger partial charge >= 0.3 is 0 Å². The molecule has 0 saturated heterocycles. The van der Waals surface area contributed by atoms with Crippen LogP contribution in [0.5, 0.6) is 11.5 Å². The van der Waals surface area contributed by atoms with Crippen molar-refractivity contribution in [2.24, 2.45) is 0 Å². The number of aryl methyl sites for hydroxylation is 1. The van der Waals surface area contributed by atoms with Crippen molar-refractivity contribution in [3.05, 3.63) is 47.9 Å². The van der Waals surface area contributed by atoms with Gasteiger partial charge in [0.05, 0.1) is 17.5 Å². The molecular formula is C18H18N4O3. The molecule has 2 aromatic heterocycles. The van der Waals surface area contributed by atoms with Gasteiger partial charge in [0.1, 0.15) is 0 Å². The third-order valence-corrected chi connectivity index (χ3v) is 4.31. The Balaban J connectivity index is 1.59. The first-order valence-corrected chi connectivity index (χ1v) is 8.12. The molecule has 1 aromatic carbocycles. The first-order chi connectivity index (χ1) is 12.0. The Kier molecular flexibility index (Phi) is 3.38. The molecule has 1 atom stereocenters. The minimum atomic E-state index is -0.656. The minimum Gasteiger partial charge on any atom is -0.449 e. The number of carbonyl (C=O) groups is 1. The molecular weight excluding hydrogens is 320 g/mol. The molecule has 7 nitrogen and oxygen atoms in total. The molecule has 0 fully saturated rings. The van der Waals surface area contributed by atoms with Crippen molar-refractivity contribution in [1.82, 2.24) is 14.6 Å². The highest BCUT2D eigenvalue weighted by atomic mass is 16.7. The number of aromatic nitrogens is 3. The van der Waals surface area contributed by atoms with Crippen LogP contribution in [0.15, 0.2) is 36.7 Å². The molecule has 0 aliphatic carbocycles. The van der Waals surface area contributed by atoms with E-state index in [9.17, 15) is 4.79 Å². The van der Waals surface area contributed by atoms with Crippen LogP contribution < -0.4 is 14.8 Å². The second-order valence-electron chi connectivity index (χ2n) is 6.18. The predicted octanol–water partition coefficient (Wildman–Crippen LogP) is 3.19. The highest BCUT2D eigenvalue weighted by Gasteiger charge is 2.35. The first-order valence-electron chi connectivity index (χ1n) is 8.12. The fourth-order valence-electron chi connectivity index (χ4n) is 2.74. The monoisotopic (exact) mass is 338 g/mol. The molecule has 1 aliphatic heterocycles. The smallest absolute Gasteiger partial charge is 0.259 e. The Morgan fingerprint density at radius 3 is 2.88 bits per heavy atom. The van der Waals surface area contributed by atoms with Gasteiger partial charge in [-0.1, -0.05) is 6.92 Å². The maximum Gasteiger partial charge on any atom is 0.259 e. The summed E-state index contributed by atoms with van der Waals surface area (Å²) in [5, 5.41) is 7.00. The SMILES string of the molecule is CCC1(C)Oc2ccc(NC(=O)c3cn4nccc4nc3C)cc2O1. The first kappa shape index (κ1) is 15.4. The second kappa shape index (κ2) is 5.47. The summed E-state index contributed by atoms with van der Waals surface area (Å²) in [4.78, 5) is 17.0. The van der Waals surface area contributed by atoms with Gasteiger partial charge in [0.25, 0.3) is 5.91 Å².